The van der Waals surface area contributed by atoms with Gasteiger partial charge in [0, 0.05) is 10.8 Å². The predicted octanol–water partition coefficient (Wildman–Crippen LogP) is 9.53. The van der Waals surface area contributed by atoms with Crippen molar-refractivity contribution in [2.75, 3.05) is 13.6 Å². The van der Waals surface area contributed by atoms with E-state index in [1.54, 1.807) is 0 Å². The molecule has 7 rings (SSSR count). The fraction of sp³-hybridized carbons (Fsp3) is 0.0952. The second-order valence-electron chi connectivity index (χ2n) is 11.2. The molecule has 0 aliphatic rings. The molecule has 0 radical (unpaired) electrons. The number of benzene rings is 7. The van der Waals surface area contributed by atoms with E-state index in [9.17, 15) is 0 Å². The summed E-state index contributed by atoms with van der Waals surface area (Å²) < 4.78 is 32.0. The first-order valence-corrected chi connectivity index (χ1v) is 17.1. The van der Waals surface area contributed by atoms with Crippen LogP contribution < -0.4 is 24.6 Å². The van der Waals surface area contributed by atoms with E-state index in [1.807, 2.05) is 115 Å². The molecule has 6 heteroatoms. The zero-order valence-electron chi connectivity index (χ0n) is 26.4. The van der Waals surface area contributed by atoms with Crippen LogP contribution in [0.25, 0.3) is 21.5 Å². The van der Waals surface area contributed by atoms with E-state index in [0.29, 0.717) is 13.2 Å². The van der Waals surface area contributed by atoms with Gasteiger partial charge in [-0.25, -0.2) is 0 Å². The van der Waals surface area contributed by atoms with Gasteiger partial charge in [-0.2, -0.15) is 0 Å². The number of rotatable bonds is 14. The van der Waals surface area contributed by atoms with Gasteiger partial charge in [0.1, 0.15) is 17.2 Å². The minimum Gasteiger partial charge on any atom is -0.466 e. The number of hydrogen-bond donors (Lipinski definition) is 0. The topological polar surface area (TPSA) is 46.2 Å². The van der Waals surface area contributed by atoms with Crippen LogP contribution in [0.4, 0.5) is 0 Å². The molecule has 5 nitrogen and oxygen atoms in total. The Labute approximate surface area is 282 Å². The molecule has 0 saturated heterocycles. The highest BCUT2D eigenvalue weighted by molar-refractivity contribution is 7.69. The Kier molecular flexibility index (Phi) is 10.2. The lowest BCUT2D eigenvalue weighted by atomic mass is 10.1. The Morgan fingerprint density at radius 1 is 0.396 bits per heavy atom. The van der Waals surface area contributed by atoms with Crippen molar-refractivity contribution in [1.29, 1.82) is 0 Å². The molecule has 0 aliphatic carbocycles. The highest BCUT2D eigenvalue weighted by atomic mass is 31.1. The summed E-state index contributed by atoms with van der Waals surface area (Å²) in [7, 11) is -1.51. The van der Waals surface area contributed by atoms with Gasteiger partial charge in [0.25, 0.3) is 0 Å². The molecular formula is C42H35O5P. The van der Waals surface area contributed by atoms with Gasteiger partial charge in [-0.3, -0.25) is 0 Å². The zero-order valence-corrected chi connectivity index (χ0v) is 27.3. The van der Waals surface area contributed by atoms with Crippen molar-refractivity contribution in [2.24, 2.45) is 0 Å². The van der Waals surface area contributed by atoms with Crippen molar-refractivity contribution in [3.63, 3.8) is 0 Å². The average Bonchev–Trinajstić information content (AvgIpc) is 3.15. The van der Waals surface area contributed by atoms with E-state index >= 15 is 0 Å². The predicted molar refractivity (Wildman–Crippen MR) is 195 cm³/mol. The molecule has 7 aromatic carbocycles. The van der Waals surface area contributed by atoms with Crippen LogP contribution in [-0.4, -0.2) is 13.6 Å². The van der Waals surface area contributed by atoms with Crippen LogP contribution in [-0.2, 0) is 22.7 Å². The molecule has 7 aromatic rings. The number of hydrogen-bond acceptors (Lipinski definition) is 5. The lowest BCUT2D eigenvalue weighted by Gasteiger charge is -2.25. The first-order chi connectivity index (χ1) is 23.8. The Bertz CT molecular complexity index is 1940. The number of ether oxygens (including phenoxy) is 4. The highest BCUT2D eigenvalue weighted by Crippen LogP contribution is 2.45. The lowest BCUT2D eigenvalue weighted by molar-refractivity contribution is 0.00643. The van der Waals surface area contributed by atoms with Crippen molar-refractivity contribution >= 4 is 40.3 Å². The maximum Gasteiger partial charge on any atom is 0.189 e. The molecule has 0 atom stereocenters. The molecule has 48 heavy (non-hydrogen) atoms. The Balaban J connectivity index is 1.28. The van der Waals surface area contributed by atoms with Crippen molar-refractivity contribution in [3.05, 3.63) is 175 Å². The summed E-state index contributed by atoms with van der Waals surface area (Å²) in [5, 5.41) is 5.94. The van der Waals surface area contributed by atoms with Gasteiger partial charge in [0.05, 0.1) is 23.8 Å². The highest BCUT2D eigenvalue weighted by Gasteiger charge is 2.28. The minimum absolute atomic E-state index is 0.0822. The summed E-state index contributed by atoms with van der Waals surface area (Å²) in [4.78, 5) is 0. The van der Waals surface area contributed by atoms with Gasteiger partial charge < -0.3 is 23.5 Å². The number of fused-ring (bicyclic) bond motifs is 2. The van der Waals surface area contributed by atoms with Crippen LogP contribution in [0.1, 0.15) is 11.1 Å². The van der Waals surface area contributed by atoms with Crippen molar-refractivity contribution in [1.82, 2.24) is 0 Å². The standard InChI is InChI=1S/C42H35O5P/c1-4-14-32(15-5-1)28-43-30-45-41-37-22-12-10-18-34(37)24-26-39(41)48(47-36-20-8-3-9-21-36)40-27-25-35-19-11-13-23-38(35)42(40)46-31-44-29-33-16-6-2-7-17-33/h1-27H,28-31H2. The zero-order chi connectivity index (χ0) is 32.4. The summed E-state index contributed by atoms with van der Waals surface area (Å²) in [5.74, 6) is 2.20. The van der Waals surface area contributed by atoms with Gasteiger partial charge in [0.15, 0.2) is 21.7 Å². The van der Waals surface area contributed by atoms with Gasteiger partial charge in [0.2, 0.25) is 0 Å². The lowest BCUT2D eigenvalue weighted by Crippen LogP contribution is -2.22. The Hall–Kier alpha value is -5.19. The van der Waals surface area contributed by atoms with Gasteiger partial charge in [-0.15, -0.1) is 0 Å². The third kappa shape index (κ3) is 7.51. The quantitative estimate of drug-likeness (QED) is 0.0667. The van der Waals surface area contributed by atoms with Crippen LogP contribution in [0.3, 0.4) is 0 Å². The molecule has 0 spiro atoms. The largest absolute Gasteiger partial charge is 0.466 e. The third-order valence-electron chi connectivity index (χ3n) is 7.89. The fourth-order valence-electron chi connectivity index (χ4n) is 5.57. The molecule has 0 amide bonds. The van der Waals surface area contributed by atoms with Crippen molar-refractivity contribution < 1.29 is 23.5 Å². The van der Waals surface area contributed by atoms with Crippen LogP contribution in [0.5, 0.6) is 17.2 Å². The van der Waals surface area contributed by atoms with E-state index in [4.69, 9.17) is 23.5 Å². The monoisotopic (exact) mass is 650 g/mol. The second-order valence-corrected chi connectivity index (χ2v) is 12.9. The maximum atomic E-state index is 6.94. The van der Waals surface area contributed by atoms with Crippen molar-refractivity contribution in [2.45, 2.75) is 13.2 Å². The average molecular weight is 651 g/mol. The van der Waals surface area contributed by atoms with Gasteiger partial charge >= 0.3 is 0 Å². The summed E-state index contributed by atoms with van der Waals surface area (Å²) in [5.41, 5.74) is 2.17. The summed E-state index contributed by atoms with van der Waals surface area (Å²) in [6.45, 7) is 1.06. The number of para-hydroxylation sites is 1. The molecule has 0 aromatic heterocycles. The van der Waals surface area contributed by atoms with E-state index in [1.165, 1.54) is 0 Å². The van der Waals surface area contributed by atoms with E-state index in [0.717, 1.165) is 60.5 Å². The Morgan fingerprint density at radius 2 is 0.812 bits per heavy atom. The summed E-state index contributed by atoms with van der Waals surface area (Å²) in [6.07, 6.45) is 0. The molecule has 0 heterocycles. The van der Waals surface area contributed by atoms with Crippen LogP contribution in [0, 0.1) is 0 Å². The molecule has 238 valence electrons. The molecule has 0 aliphatic heterocycles. The molecule has 0 unspecified atom stereocenters. The molecule has 0 saturated carbocycles. The van der Waals surface area contributed by atoms with Crippen molar-refractivity contribution in [3.8, 4) is 17.2 Å². The first kappa shape index (κ1) is 31.4. The van der Waals surface area contributed by atoms with E-state index < -0.39 is 8.15 Å². The SMILES string of the molecule is c1ccc(COCOc2c(P(Oc3ccccc3)c3ccc4ccccc4c3OCOCc3ccccc3)ccc3ccccc23)cc1. The summed E-state index contributed by atoms with van der Waals surface area (Å²) >= 11 is 0. The smallest absolute Gasteiger partial charge is 0.189 e. The van der Waals surface area contributed by atoms with Gasteiger partial charge in [-0.1, -0.05) is 140 Å². The normalized spacial score (nSPS) is 11.2. The van der Waals surface area contributed by atoms with E-state index in [2.05, 4.69) is 48.5 Å². The molecule has 0 fully saturated rings. The fourth-order valence-corrected chi connectivity index (χ4v) is 7.52. The van der Waals surface area contributed by atoms with E-state index in [-0.39, 0.29) is 13.6 Å². The third-order valence-corrected chi connectivity index (χ3v) is 9.86. The van der Waals surface area contributed by atoms with Crippen LogP contribution in [0.15, 0.2) is 164 Å². The maximum absolute atomic E-state index is 6.94. The second kappa shape index (κ2) is 15.6. The Morgan fingerprint density at radius 3 is 1.29 bits per heavy atom. The molecule has 0 N–H and O–H groups in total. The molecule has 0 bridgehead atoms. The summed E-state index contributed by atoms with van der Waals surface area (Å²) in [6, 6.07) is 55.0. The van der Waals surface area contributed by atoms with Gasteiger partial charge in [-0.05, 0) is 46.2 Å². The molecular weight excluding hydrogens is 615 g/mol. The minimum atomic E-state index is -1.51. The first-order valence-electron chi connectivity index (χ1n) is 15.9. The van der Waals surface area contributed by atoms with Crippen LogP contribution >= 0.6 is 8.15 Å². The van der Waals surface area contributed by atoms with Crippen LogP contribution in [0.2, 0.25) is 0 Å².